The molecule has 5 N–H and O–H groups in total. The number of amides is 2. The van der Waals surface area contributed by atoms with E-state index in [9.17, 15) is 18.8 Å². The van der Waals surface area contributed by atoms with Gasteiger partial charge >= 0.3 is 0 Å². The van der Waals surface area contributed by atoms with Crippen molar-refractivity contribution in [1.82, 2.24) is 9.97 Å². The third-order valence-electron chi connectivity index (χ3n) is 4.28. The first kappa shape index (κ1) is 23.6. The topological polar surface area (TPSA) is 148 Å². The van der Waals surface area contributed by atoms with Gasteiger partial charge in [-0.15, -0.1) is 0 Å². The largest absolute Gasteiger partial charge is 0.493 e. The smallest absolute Gasteiger partial charge is 0.277 e. The minimum absolute atomic E-state index is 0.0862. The fourth-order valence-corrected chi connectivity index (χ4v) is 3.35. The van der Waals surface area contributed by atoms with Gasteiger partial charge in [0, 0.05) is 11.3 Å². The lowest BCUT2D eigenvalue weighted by molar-refractivity contribution is -0.113. The summed E-state index contributed by atoms with van der Waals surface area (Å²) in [5.74, 6) is -0.926. The predicted molar refractivity (Wildman–Crippen MR) is 123 cm³/mol. The molecule has 10 nitrogen and oxygen atoms in total. The molecule has 0 unspecified atom stereocenters. The number of nitrogen functional groups attached to an aromatic ring is 1. The van der Waals surface area contributed by atoms with E-state index in [0.29, 0.717) is 17.2 Å². The number of rotatable bonds is 8. The summed E-state index contributed by atoms with van der Waals surface area (Å²) in [6, 6.07) is 9.79. The number of anilines is 3. The number of carbonyl (C=O) groups is 2. The molecular formula is C21H20FN5O5S. The SMILES string of the molecule is COc1ccc(C(=O)Nc2c(N)nc(SCC(=O)Nc3ccc(F)cc3)[nH]c2=O)cc1OC. The number of hydrogen-bond acceptors (Lipinski definition) is 8. The molecule has 2 amide bonds. The molecule has 1 aromatic heterocycles. The van der Waals surface area contributed by atoms with Gasteiger partial charge in [0.2, 0.25) is 5.91 Å². The number of thioether (sulfide) groups is 1. The monoisotopic (exact) mass is 473 g/mol. The summed E-state index contributed by atoms with van der Waals surface area (Å²) in [7, 11) is 2.90. The Hall–Kier alpha value is -4.06. The van der Waals surface area contributed by atoms with E-state index < -0.39 is 23.2 Å². The molecular weight excluding hydrogens is 453 g/mol. The van der Waals surface area contributed by atoms with E-state index in [1.165, 1.54) is 50.6 Å². The number of ether oxygens (including phenoxy) is 2. The molecule has 0 aliphatic rings. The third-order valence-corrected chi connectivity index (χ3v) is 5.15. The molecule has 33 heavy (non-hydrogen) atoms. The van der Waals surface area contributed by atoms with Crippen LogP contribution in [0.15, 0.2) is 52.4 Å². The molecule has 12 heteroatoms. The zero-order valence-corrected chi connectivity index (χ0v) is 18.4. The Labute approximate surface area is 191 Å². The van der Waals surface area contributed by atoms with Gasteiger partial charge in [-0.3, -0.25) is 19.4 Å². The molecule has 0 fully saturated rings. The molecule has 3 aromatic rings. The number of nitrogens with one attached hydrogen (secondary N) is 3. The summed E-state index contributed by atoms with van der Waals surface area (Å²) in [4.78, 5) is 43.5. The Morgan fingerprint density at radius 3 is 2.42 bits per heavy atom. The van der Waals surface area contributed by atoms with Gasteiger partial charge in [-0.2, -0.15) is 0 Å². The second-order valence-electron chi connectivity index (χ2n) is 6.50. The second kappa shape index (κ2) is 10.5. The molecule has 2 aromatic carbocycles. The predicted octanol–water partition coefficient (Wildman–Crippen LogP) is 2.49. The Bertz CT molecular complexity index is 1230. The number of carbonyl (C=O) groups excluding carboxylic acids is 2. The van der Waals surface area contributed by atoms with Gasteiger partial charge in [0.15, 0.2) is 22.5 Å². The van der Waals surface area contributed by atoms with E-state index in [1.54, 1.807) is 6.07 Å². The maximum atomic E-state index is 12.9. The van der Waals surface area contributed by atoms with Crippen molar-refractivity contribution in [1.29, 1.82) is 0 Å². The van der Waals surface area contributed by atoms with E-state index in [4.69, 9.17) is 15.2 Å². The van der Waals surface area contributed by atoms with Crippen LogP contribution in [0.2, 0.25) is 0 Å². The van der Waals surface area contributed by atoms with Crippen LogP contribution in [0.1, 0.15) is 10.4 Å². The number of halogens is 1. The van der Waals surface area contributed by atoms with Gasteiger partial charge in [0.1, 0.15) is 11.5 Å². The lowest BCUT2D eigenvalue weighted by Gasteiger charge is -2.11. The Morgan fingerprint density at radius 1 is 1.09 bits per heavy atom. The maximum absolute atomic E-state index is 12.9. The van der Waals surface area contributed by atoms with Crippen LogP contribution in [-0.4, -0.2) is 41.8 Å². The molecule has 0 saturated heterocycles. The number of H-pyrrole nitrogens is 1. The highest BCUT2D eigenvalue weighted by atomic mass is 32.2. The van der Waals surface area contributed by atoms with Crippen LogP contribution >= 0.6 is 11.8 Å². The van der Waals surface area contributed by atoms with Gasteiger partial charge in [0.05, 0.1) is 20.0 Å². The van der Waals surface area contributed by atoms with Crippen molar-refractivity contribution in [2.24, 2.45) is 0 Å². The lowest BCUT2D eigenvalue weighted by Crippen LogP contribution is -2.23. The molecule has 172 valence electrons. The number of benzene rings is 2. The van der Waals surface area contributed by atoms with Gasteiger partial charge < -0.3 is 25.8 Å². The highest BCUT2D eigenvalue weighted by molar-refractivity contribution is 7.99. The Kier molecular flexibility index (Phi) is 7.51. The molecule has 0 bridgehead atoms. The van der Waals surface area contributed by atoms with Crippen LogP contribution in [0.25, 0.3) is 0 Å². The quantitative estimate of drug-likeness (QED) is 0.288. The average Bonchev–Trinajstić information content (AvgIpc) is 2.81. The fraction of sp³-hybridized carbons (Fsp3) is 0.143. The van der Waals surface area contributed by atoms with E-state index >= 15 is 0 Å². The van der Waals surface area contributed by atoms with Gasteiger partial charge in [0.25, 0.3) is 11.5 Å². The van der Waals surface area contributed by atoms with Crippen LogP contribution < -0.4 is 31.4 Å². The molecule has 0 atom stereocenters. The molecule has 1 heterocycles. The number of aromatic amines is 1. The Balaban J connectivity index is 1.66. The fourth-order valence-electron chi connectivity index (χ4n) is 2.69. The van der Waals surface area contributed by atoms with Crippen molar-refractivity contribution in [2.45, 2.75) is 5.16 Å². The third kappa shape index (κ3) is 6.01. The van der Waals surface area contributed by atoms with Crippen LogP contribution in [0.5, 0.6) is 11.5 Å². The van der Waals surface area contributed by atoms with E-state index in [2.05, 4.69) is 20.6 Å². The number of nitrogens with two attached hydrogens (primary N) is 1. The average molecular weight is 473 g/mol. The molecule has 3 rings (SSSR count). The van der Waals surface area contributed by atoms with Crippen molar-refractivity contribution in [3.8, 4) is 11.5 Å². The molecule has 0 spiro atoms. The van der Waals surface area contributed by atoms with E-state index in [-0.39, 0.29) is 28.0 Å². The van der Waals surface area contributed by atoms with Crippen LogP contribution in [0.4, 0.5) is 21.6 Å². The first-order valence-corrected chi connectivity index (χ1v) is 10.4. The number of aromatic nitrogens is 2. The highest BCUT2D eigenvalue weighted by Gasteiger charge is 2.16. The summed E-state index contributed by atoms with van der Waals surface area (Å²) in [5, 5.41) is 5.11. The molecule has 0 radical (unpaired) electrons. The minimum atomic E-state index is -0.683. The van der Waals surface area contributed by atoms with Crippen molar-refractivity contribution in [3.05, 3.63) is 64.2 Å². The summed E-state index contributed by atoms with van der Waals surface area (Å²) >= 11 is 0.936. The van der Waals surface area contributed by atoms with Gasteiger partial charge in [-0.25, -0.2) is 9.37 Å². The highest BCUT2D eigenvalue weighted by Crippen LogP contribution is 2.28. The van der Waals surface area contributed by atoms with Crippen LogP contribution in [0.3, 0.4) is 0 Å². The maximum Gasteiger partial charge on any atom is 0.277 e. The summed E-state index contributed by atoms with van der Waals surface area (Å²) in [6.45, 7) is 0. The summed E-state index contributed by atoms with van der Waals surface area (Å²) in [6.07, 6.45) is 0. The van der Waals surface area contributed by atoms with Crippen molar-refractivity contribution < 1.29 is 23.5 Å². The molecule has 0 aliphatic heterocycles. The van der Waals surface area contributed by atoms with Crippen molar-refractivity contribution >= 4 is 40.8 Å². The second-order valence-corrected chi connectivity index (χ2v) is 7.46. The van der Waals surface area contributed by atoms with Gasteiger partial charge in [-0.05, 0) is 42.5 Å². The molecule has 0 saturated carbocycles. The van der Waals surface area contributed by atoms with Gasteiger partial charge in [-0.1, -0.05) is 11.8 Å². The zero-order valence-electron chi connectivity index (χ0n) is 17.6. The number of nitrogens with zero attached hydrogens (tertiary/aromatic N) is 1. The summed E-state index contributed by atoms with van der Waals surface area (Å²) < 4.78 is 23.2. The van der Waals surface area contributed by atoms with E-state index in [1.807, 2.05) is 0 Å². The van der Waals surface area contributed by atoms with Crippen LogP contribution in [0, 0.1) is 5.82 Å². The van der Waals surface area contributed by atoms with Crippen molar-refractivity contribution in [2.75, 3.05) is 36.3 Å². The Morgan fingerprint density at radius 2 is 1.79 bits per heavy atom. The minimum Gasteiger partial charge on any atom is -0.493 e. The first-order valence-electron chi connectivity index (χ1n) is 9.42. The first-order chi connectivity index (χ1) is 15.8. The lowest BCUT2D eigenvalue weighted by atomic mass is 10.2. The van der Waals surface area contributed by atoms with Crippen molar-refractivity contribution in [3.63, 3.8) is 0 Å². The number of hydrogen-bond donors (Lipinski definition) is 4. The van der Waals surface area contributed by atoms with Crippen LogP contribution in [-0.2, 0) is 4.79 Å². The normalized spacial score (nSPS) is 10.4. The molecule has 0 aliphatic carbocycles. The zero-order chi connectivity index (χ0) is 24.0. The standard InChI is InChI=1S/C21H20FN5O5S/c1-31-14-8-3-11(9-15(14)32-2)19(29)25-17-18(23)26-21(27-20(17)30)33-10-16(28)24-13-6-4-12(22)5-7-13/h3-9H,10H2,1-2H3,(H,24,28)(H,25,29)(H3,23,26,27,30). The van der Waals surface area contributed by atoms with E-state index in [0.717, 1.165) is 11.8 Å². The number of methoxy groups -OCH3 is 2. The summed E-state index contributed by atoms with van der Waals surface area (Å²) in [5.41, 5.74) is 5.58.